The van der Waals surface area contributed by atoms with Crippen molar-refractivity contribution in [2.45, 2.75) is 6.42 Å². The Morgan fingerprint density at radius 1 is 0.622 bits per heavy atom. The van der Waals surface area contributed by atoms with Gasteiger partial charge in [-0.05, 0) is 78.2 Å². The fourth-order valence-corrected chi connectivity index (χ4v) is 4.61. The quantitative estimate of drug-likeness (QED) is 0.227. The number of anilines is 2. The standard InChI is InChI=1S/C29H26N6O2/c1-36-26-9-5-18(14-20(26)30)28-32-22-7-3-16(12-24(22)34-28)11-17-4-8-23-25(13-17)35-29(33-23)19-6-10-27(37-2)21(31)15-19/h3-10,12-15H,11,30-31H2,1-2H3,(H,32,34)(H,33,35). The second-order valence-corrected chi connectivity index (χ2v) is 8.96. The molecule has 0 bridgehead atoms. The molecule has 2 heterocycles. The maximum atomic E-state index is 6.08. The summed E-state index contributed by atoms with van der Waals surface area (Å²) in [5.41, 5.74) is 21.3. The van der Waals surface area contributed by atoms with Crippen molar-refractivity contribution in [1.29, 1.82) is 0 Å². The molecule has 4 aromatic carbocycles. The van der Waals surface area contributed by atoms with Crippen LogP contribution >= 0.6 is 0 Å². The molecule has 0 saturated carbocycles. The van der Waals surface area contributed by atoms with E-state index in [9.17, 15) is 0 Å². The topological polar surface area (TPSA) is 128 Å². The third-order valence-corrected chi connectivity index (χ3v) is 6.51. The van der Waals surface area contributed by atoms with Crippen molar-refractivity contribution in [3.05, 3.63) is 83.9 Å². The summed E-state index contributed by atoms with van der Waals surface area (Å²) in [7, 11) is 3.21. The number of H-pyrrole nitrogens is 2. The molecule has 0 aliphatic heterocycles. The molecule has 0 saturated heterocycles. The van der Waals surface area contributed by atoms with Gasteiger partial charge in [0.05, 0.1) is 47.7 Å². The monoisotopic (exact) mass is 490 g/mol. The third kappa shape index (κ3) is 4.18. The van der Waals surface area contributed by atoms with E-state index >= 15 is 0 Å². The summed E-state index contributed by atoms with van der Waals surface area (Å²) in [5.74, 6) is 2.84. The van der Waals surface area contributed by atoms with E-state index in [4.69, 9.17) is 30.9 Å². The summed E-state index contributed by atoms with van der Waals surface area (Å²) >= 11 is 0. The van der Waals surface area contributed by atoms with Crippen molar-refractivity contribution in [2.75, 3.05) is 25.7 Å². The van der Waals surface area contributed by atoms with Gasteiger partial charge >= 0.3 is 0 Å². The molecule has 37 heavy (non-hydrogen) atoms. The van der Waals surface area contributed by atoms with E-state index in [1.54, 1.807) is 14.2 Å². The smallest absolute Gasteiger partial charge is 0.141 e. The number of aromatic amines is 2. The van der Waals surface area contributed by atoms with Gasteiger partial charge in [0, 0.05) is 11.1 Å². The van der Waals surface area contributed by atoms with Crippen LogP contribution in [0.1, 0.15) is 11.1 Å². The van der Waals surface area contributed by atoms with Crippen LogP contribution in [0.15, 0.2) is 72.8 Å². The lowest BCUT2D eigenvalue weighted by atomic mass is 10.0. The molecular formula is C29H26N6O2. The summed E-state index contributed by atoms with van der Waals surface area (Å²) in [5, 5.41) is 0. The number of hydrogen-bond donors (Lipinski definition) is 4. The predicted molar refractivity (Wildman–Crippen MR) is 148 cm³/mol. The third-order valence-electron chi connectivity index (χ3n) is 6.51. The highest BCUT2D eigenvalue weighted by Gasteiger charge is 2.11. The lowest BCUT2D eigenvalue weighted by molar-refractivity contribution is 0.417. The van der Waals surface area contributed by atoms with Crippen molar-refractivity contribution >= 4 is 33.4 Å². The highest BCUT2D eigenvalue weighted by molar-refractivity contribution is 5.82. The van der Waals surface area contributed by atoms with Gasteiger partial charge in [-0.15, -0.1) is 0 Å². The van der Waals surface area contributed by atoms with E-state index in [1.165, 1.54) is 11.1 Å². The maximum Gasteiger partial charge on any atom is 0.141 e. The Labute approximate surface area is 213 Å². The minimum atomic E-state index is 0.578. The van der Waals surface area contributed by atoms with Crippen LogP contribution < -0.4 is 20.9 Å². The Bertz CT molecular complexity index is 1640. The van der Waals surface area contributed by atoms with Crippen LogP contribution in [0, 0.1) is 0 Å². The summed E-state index contributed by atoms with van der Waals surface area (Å²) in [6.45, 7) is 0. The van der Waals surface area contributed by atoms with Crippen LogP contribution in [0.25, 0.3) is 44.8 Å². The van der Waals surface area contributed by atoms with Gasteiger partial charge in [-0.2, -0.15) is 0 Å². The zero-order chi connectivity index (χ0) is 25.5. The molecule has 0 aliphatic carbocycles. The number of nitrogens with zero attached hydrogens (tertiary/aromatic N) is 2. The molecule has 0 atom stereocenters. The largest absolute Gasteiger partial charge is 0.495 e. The van der Waals surface area contributed by atoms with Crippen molar-refractivity contribution < 1.29 is 9.47 Å². The average Bonchev–Trinajstić information content (AvgIpc) is 3.52. The van der Waals surface area contributed by atoms with Crippen molar-refractivity contribution in [1.82, 2.24) is 19.9 Å². The average molecular weight is 491 g/mol. The van der Waals surface area contributed by atoms with Gasteiger partial charge in [-0.3, -0.25) is 0 Å². The Hall–Kier alpha value is -4.98. The SMILES string of the molecule is COc1ccc(-c2nc3ccc(Cc4ccc5nc(-c6ccc(OC)c(N)c6)[nH]c5c4)cc3[nH]2)cc1N. The van der Waals surface area contributed by atoms with Gasteiger partial charge in [0.1, 0.15) is 23.1 Å². The first kappa shape index (κ1) is 22.5. The molecular weight excluding hydrogens is 464 g/mol. The van der Waals surface area contributed by atoms with E-state index in [0.29, 0.717) is 22.9 Å². The fraction of sp³-hybridized carbons (Fsp3) is 0.103. The van der Waals surface area contributed by atoms with E-state index in [1.807, 2.05) is 48.5 Å². The Morgan fingerprint density at radius 2 is 1.08 bits per heavy atom. The number of rotatable bonds is 6. The normalized spacial score (nSPS) is 11.3. The number of ether oxygens (including phenoxy) is 2. The number of nitrogens with one attached hydrogen (secondary N) is 2. The number of benzene rings is 4. The number of nitrogen functional groups attached to an aromatic ring is 2. The van der Waals surface area contributed by atoms with Crippen LogP contribution in [0.2, 0.25) is 0 Å². The number of fused-ring (bicyclic) bond motifs is 2. The first-order valence-corrected chi connectivity index (χ1v) is 11.9. The highest BCUT2D eigenvalue weighted by Crippen LogP contribution is 2.30. The van der Waals surface area contributed by atoms with Crippen molar-refractivity contribution in [2.24, 2.45) is 0 Å². The highest BCUT2D eigenvalue weighted by atomic mass is 16.5. The van der Waals surface area contributed by atoms with Crippen LogP contribution in [-0.4, -0.2) is 34.2 Å². The zero-order valence-electron chi connectivity index (χ0n) is 20.5. The number of aromatic nitrogens is 4. The second kappa shape index (κ2) is 8.91. The van der Waals surface area contributed by atoms with Crippen LogP contribution in [0.3, 0.4) is 0 Å². The molecule has 6 N–H and O–H groups in total. The molecule has 0 unspecified atom stereocenters. The number of hydrogen-bond acceptors (Lipinski definition) is 6. The summed E-state index contributed by atoms with van der Waals surface area (Å²) in [4.78, 5) is 16.3. The fourth-order valence-electron chi connectivity index (χ4n) is 4.61. The van der Waals surface area contributed by atoms with Crippen LogP contribution in [-0.2, 0) is 6.42 Å². The molecule has 6 aromatic rings. The minimum absolute atomic E-state index is 0.578. The summed E-state index contributed by atoms with van der Waals surface area (Å²) in [6.07, 6.45) is 0.777. The van der Waals surface area contributed by atoms with E-state index in [0.717, 1.165) is 51.3 Å². The maximum absolute atomic E-state index is 6.08. The van der Waals surface area contributed by atoms with E-state index in [-0.39, 0.29) is 0 Å². The lowest BCUT2D eigenvalue weighted by Gasteiger charge is -2.05. The lowest BCUT2D eigenvalue weighted by Crippen LogP contribution is -1.92. The molecule has 8 heteroatoms. The van der Waals surface area contributed by atoms with Crippen LogP contribution in [0.5, 0.6) is 11.5 Å². The predicted octanol–water partition coefficient (Wildman–Crippen LogP) is 5.55. The summed E-state index contributed by atoms with van der Waals surface area (Å²) in [6, 6.07) is 23.9. The molecule has 8 nitrogen and oxygen atoms in total. The molecule has 0 fully saturated rings. The molecule has 0 amide bonds. The number of imidazole rings is 2. The molecule has 0 aliphatic rings. The van der Waals surface area contributed by atoms with Gasteiger partial charge in [0.2, 0.25) is 0 Å². The van der Waals surface area contributed by atoms with Gasteiger partial charge in [0.15, 0.2) is 0 Å². The number of nitrogens with two attached hydrogens (primary N) is 2. The van der Waals surface area contributed by atoms with Crippen LogP contribution in [0.4, 0.5) is 11.4 Å². The Balaban J connectivity index is 1.26. The van der Waals surface area contributed by atoms with Crippen molar-refractivity contribution in [3.63, 3.8) is 0 Å². The molecule has 184 valence electrons. The Kier molecular flexibility index (Phi) is 5.41. The van der Waals surface area contributed by atoms with Gasteiger partial charge in [0.25, 0.3) is 0 Å². The summed E-state index contributed by atoms with van der Waals surface area (Å²) < 4.78 is 10.5. The van der Waals surface area contributed by atoms with Crippen molar-refractivity contribution in [3.8, 4) is 34.3 Å². The van der Waals surface area contributed by atoms with E-state index in [2.05, 4.69) is 34.2 Å². The molecule has 0 spiro atoms. The first-order valence-electron chi connectivity index (χ1n) is 11.9. The minimum Gasteiger partial charge on any atom is -0.495 e. The zero-order valence-corrected chi connectivity index (χ0v) is 20.5. The van der Waals surface area contributed by atoms with Gasteiger partial charge in [-0.25, -0.2) is 9.97 Å². The molecule has 0 radical (unpaired) electrons. The first-order chi connectivity index (χ1) is 18.0. The Morgan fingerprint density at radius 3 is 1.49 bits per heavy atom. The second-order valence-electron chi connectivity index (χ2n) is 8.96. The molecule has 2 aromatic heterocycles. The molecule has 6 rings (SSSR count). The number of methoxy groups -OCH3 is 2. The van der Waals surface area contributed by atoms with Gasteiger partial charge < -0.3 is 30.9 Å². The van der Waals surface area contributed by atoms with Gasteiger partial charge in [-0.1, -0.05) is 12.1 Å². The van der Waals surface area contributed by atoms with E-state index < -0.39 is 0 Å².